The summed E-state index contributed by atoms with van der Waals surface area (Å²) in [6.07, 6.45) is 0.0765. The van der Waals surface area contributed by atoms with Gasteiger partial charge in [0.1, 0.15) is 11.6 Å². The zero-order valence-electron chi connectivity index (χ0n) is 15.3. The fourth-order valence-electron chi connectivity index (χ4n) is 2.42. The largest absolute Gasteiger partial charge is 0.481 e. The minimum Gasteiger partial charge on any atom is -0.481 e. The molecule has 2 rings (SSSR count). The summed E-state index contributed by atoms with van der Waals surface area (Å²) in [5, 5.41) is 2.84. The number of halogens is 1. The van der Waals surface area contributed by atoms with Crippen LogP contribution < -0.4 is 10.1 Å². The van der Waals surface area contributed by atoms with Crippen LogP contribution in [0.2, 0.25) is 0 Å². The Morgan fingerprint density at radius 2 is 1.68 bits per heavy atom. The van der Waals surface area contributed by atoms with Crippen LogP contribution in [0, 0.1) is 5.82 Å². The Balaban J connectivity index is 1.80. The van der Waals surface area contributed by atoms with E-state index >= 15 is 0 Å². The minimum atomic E-state index is -0.575. The van der Waals surface area contributed by atoms with Crippen molar-refractivity contribution in [3.8, 4) is 5.75 Å². The average Bonchev–Trinajstić information content (AvgIpc) is 2.56. The molecule has 0 spiro atoms. The highest BCUT2D eigenvalue weighted by Gasteiger charge is 2.16. The molecule has 0 aliphatic heterocycles. The second-order valence-electron chi connectivity index (χ2n) is 7.20. The lowest BCUT2D eigenvalue weighted by Crippen LogP contribution is -2.37. The van der Waals surface area contributed by atoms with Crippen molar-refractivity contribution >= 4 is 5.91 Å². The van der Waals surface area contributed by atoms with Gasteiger partial charge in [-0.3, -0.25) is 4.79 Å². The number of carbonyl (C=O) groups excluding carboxylic acids is 1. The van der Waals surface area contributed by atoms with E-state index in [1.807, 2.05) is 24.3 Å². The van der Waals surface area contributed by atoms with Crippen LogP contribution in [-0.2, 0) is 16.6 Å². The molecule has 0 unspecified atom stereocenters. The van der Waals surface area contributed by atoms with E-state index in [1.165, 1.54) is 17.7 Å². The molecule has 0 aliphatic rings. The SMILES string of the molecule is C[C@H](Oc1ccc(C(C)(C)C)cc1)C(=O)NCCc1ccc(F)cc1. The van der Waals surface area contributed by atoms with Gasteiger partial charge in [-0.15, -0.1) is 0 Å². The van der Waals surface area contributed by atoms with Gasteiger partial charge in [0.2, 0.25) is 0 Å². The monoisotopic (exact) mass is 343 g/mol. The predicted octanol–water partition coefficient (Wildman–Crippen LogP) is 4.25. The summed E-state index contributed by atoms with van der Waals surface area (Å²) in [6.45, 7) is 8.67. The molecule has 0 heterocycles. The summed E-state index contributed by atoms with van der Waals surface area (Å²) < 4.78 is 18.6. The highest BCUT2D eigenvalue weighted by molar-refractivity contribution is 5.80. The predicted molar refractivity (Wildman–Crippen MR) is 98.3 cm³/mol. The lowest BCUT2D eigenvalue weighted by atomic mass is 9.87. The molecule has 2 aromatic rings. The molecule has 25 heavy (non-hydrogen) atoms. The van der Waals surface area contributed by atoms with Gasteiger partial charge in [0.25, 0.3) is 5.91 Å². The zero-order chi connectivity index (χ0) is 18.4. The summed E-state index contributed by atoms with van der Waals surface area (Å²) in [6, 6.07) is 14.1. The molecule has 134 valence electrons. The van der Waals surface area contributed by atoms with Crippen molar-refractivity contribution in [1.82, 2.24) is 5.32 Å². The minimum absolute atomic E-state index is 0.0852. The van der Waals surface area contributed by atoms with Gasteiger partial charge in [-0.05, 0) is 54.2 Å². The van der Waals surface area contributed by atoms with Crippen LogP contribution >= 0.6 is 0 Å². The van der Waals surface area contributed by atoms with Crippen molar-refractivity contribution in [1.29, 1.82) is 0 Å². The van der Waals surface area contributed by atoms with Gasteiger partial charge in [0, 0.05) is 6.54 Å². The Bertz CT molecular complexity index is 687. The smallest absolute Gasteiger partial charge is 0.260 e. The Hall–Kier alpha value is -2.36. The van der Waals surface area contributed by atoms with Crippen molar-refractivity contribution in [3.05, 3.63) is 65.5 Å². The second-order valence-corrected chi connectivity index (χ2v) is 7.20. The summed E-state index contributed by atoms with van der Waals surface area (Å²) in [7, 11) is 0. The number of carbonyl (C=O) groups is 1. The first-order valence-electron chi connectivity index (χ1n) is 8.55. The van der Waals surface area contributed by atoms with Gasteiger partial charge in [0.15, 0.2) is 6.10 Å². The van der Waals surface area contributed by atoms with Crippen LogP contribution in [0.15, 0.2) is 48.5 Å². The Kier molecular flexibility index (Phi) is 6.18. The lowest BCUT2D eigenvalue weighted by Gasteiger charge is -2.20. The first kappa shape index (κ1) is 19.0. The highest BCUT2D eigenvalue weighted by atomic mass is 19.1. The fourth-order valence-corrected chi connectivity index (χ4v) is 2.42. The normalized spacial score (nSPS) is 12.5. The van der Waals surface area contributed by atoms with E-state index in [-0.39, 0.29) is 17.1 Å². The zero-order valence-corrected chi connectivity index (χ0v) is 15.3. The molecular formula is C21H26FNO2. The maximum atomic E-state index is 12.9. The number of nitrogens with one attached hydrogen (secondary N) is 1. The molecule has 1 amide bonds. The van der Waals surface area contributed by atoms with Crippen molar-refractivity contribution in [2.75, 3.05) is 6.54 Å². The molecule has 2 aromatic carbocycles. The summed E-state index contributed by atoms with van der Waals surface area (Å²) in [4.78, 5) is 12.1. The van der Waals surface area contributed by atoms with E-state index in [4.69, 9.17) is 4.74 Å². The third-order valence-electron chi connectivity index (χ3n) is 4.03. The standard InChI is InChI=1S/C21H26FNO2/c1-15(25-19-11-7-17(8-12-19)21(2,3)4)20(24)23-14-13-16-5-9-18(22)10-6-16/h5-12,15H,13-14H2,1-4H3,(H,23,24)/t15-/m0/s1. The first-order valence-corrected chi connectivity index (χ1v) is 8.55. The number of amides is 1. The summed E-state index contributed by atoms with van der Waals surface area (Å²) in [5.41, 5.74) is 2.28. The average molecular weight is 343 g/mol. The summed E-state index contributed by atoms with van der Waals surface area (Å²) in [5.74, 6) is 0.253. The van der Waals surface area contributed by atoms with Crippen LogP contribution in [0.5, 0.6) is 5.75 Å². The molecule has 0 radical (unpaired) electrons. The number of ether oxygens (including phenoxy) is 1. The molecule has 4 heteroatoms. The van der Waals surface area contributed by atoms with Gasteiger partial charge in [-0.25, -0.2) is 4.39 Å². The third-order valence-corrected chi connectivity index (χ3v) is 4.03. The quantitative estimate of drug-likeness (QED) is 0.851. The first-order chi connectivity index (χ1) is 11.8. The molecule has 0 aliphatic carbocycles. The van der Waals surface area contributed by atoms with Crippen molar-refractivity contribution < 1.29 is 13.9 Å². The molecule has 0 saturated carbocycles. The van der Waals surface area contributed by atoms with Gasteiger partial charge in [-0.1, -0.05) is 45.0 Å². The van der Waals surface area contributed by atoms with Crippen molar-refractivity contribution in [2.24, 2.45) is 0 Å². The van der Waals surface area contributed by atoms with Gasteiger partial charge in [0.05, 0.1) is 0 Å². The van der Waals surface area contributed by atoms with Crippen LogP contribution in [0.1, 0.15) is 38.8 Å². The van der Waals surface area contributed by atoms with E-state index in [2.05, 4.69) is 26.1 Å². The second kappa shape index (κ2) is 8.15. The van der Waals surface area contributed by atoms with Gasteiger partial charge in [-0.2, -0.15) is 0 Å². The van der Waals surface area contributed by atoms with Crippen molar-refractivity contribution in [3.63, 3.8) is 0 Å². The number of rotatable bonds is 6. The fraction of sp³-hybridized carbons (Fsp3) is 0.381. The molecule has 0 fully saturated rings. The van der Waals surface area contributed by atoms with Crippen LogP contribution in [-0.4, -0.2) is 18.6 Å². The van der Waals surface area contributed by atoms with E-state index in [0.717, 1.165) is 5.56 Å². The molecular weight excluding hydrogens is 317 g/mol. The molecule has 0 bridgehead atoms. The Morgan fingerprint density at radius 1 is 1.08 bits per heavy atom. The van der Waals surface area contributed by atoms with Crippen molar-refractivity contribution in [2.45, 2.75) is 45.6 Å². The maximum Gasteiger partial charge on any atom is 0.260 e. The Morgan fingerprint density at radius 3 is 2.24 bits per heavy atom. The lowest BCUT2D eigenvalue weighted by molar-refractivity contribution is -0.127. The number of hydrogen-bond donors (Lipinski definition) is 1. The van der Waals surface area contributed by atoms with Crippen LogP contribution in [0.25, 0.3) is 0 Å². The summed E-state index contributed by atoms with van der Waals surface area (Å²) >= 11 is 0. The number of benzene rings is 2. The molecule has 1 atom stereocenters. The van der Waals surface area contributed by atoms with Crippen LogP contribution in [0.4, 0.5) is 4.39 Å². The highest BCUT2D eigenvalue weighted by Crippen LogP contribution is 2.24. The topological polar surface area (TPSA) is 38.3 Å². The van der Waals surface area contributed by atoms with Crippen LogP contribution in [0.3, 0.4) is 0 Å². The molecule has 1 N–H and O–H groups in total. The third kappa shape index (κ3) is 5.89. The molecule has 0 aromatic heterocycles. The van der Waals surface area contributed by atoms with Gasteiger partial charge >= 0.3 is 0 Å². The molecule has 3 nitrogen and oxygen atoms in total. The van der Waals surface area contributed by atoms with E-state index in [9.17, 15) is 9.18 Å². The Labute approximate surface area is 149 Å². The maximum absolute atomic E-state index is 12.9. The van der Waals surface area contributed by atoms with E-state index in [1.54, 1.807) is 19.1 Å². The van der Waals surface area contributed by atoms with Gasteiger partial charge < -0.3 is 10.1 Å². The molecule has 0 saturated heterocycles. The van der Waals surface area contributed by atoms with E-state index in [0.29, 0.717) is 18.7 Å². The number of hydrogen-bond acceptors (Lipinski definition) is 2. The van der Waals surface area contributed by atoms with E-state index < -0.39 is 6.10 Å².